The van der Waals surface area contributed by atoms with Crippen LogP contribution in [0.25, 0.3) is 10.9 Å². The second-order valence-corrected chi connectivity index (χ2v) is 5.63. The molecule has 3 aromatic rings. The zero-order valence-corrected chi connectivity index (χ0v) is 12.8. The molecule has 0 spiro atoms. The second kappa shape index (κ2) is 6.24. The summed E-state index contributed by atoms with van der Waals surface area (Å²) >= 11 is 3.38. The molecular formula is C15H14BrN3O2. The first-order valence-corrected chi connectivity index (χ1v) is 7.40. The monoisotopic (exact) mass is 347 g/mol. The summed E-state index contributed by atoms with van der Waals surface area (Å²) in [6.45, 7) is 1.98. The van der Waals surface area contributed by atoms with E-state index in [0.717, 1.165) is 16.6 Å². The number of nitrogens with one attached hydrogen (secondary N) is 1. The van der Waals surface area contributed by atoms with Gasteiger partial charge in [0.2, 0.25) is 0 Å². The lowest BCUT2D eigenvalue weighted by Crippen LogP contribution is -2.27. The van der Waals surface area contributed by atoms with Crippen molar-refractivity contribution in [3.63, 3.8) is 0 Å². The Morgan fingerprint density at radius 3 is 3.05 bits per heavy atom. The molecule has 0 aliphatic rings. The molecule has 3 rings (SSSR count). The van der Waals surface area contributed by atoms with Crippen LogP contribution >= 0.6 is 15.9 Å². The lowest BCUT2D eigenvalue weighted by Gasteiger charge is -2.07. The Labute approximate surface area is 129 Å². The predicted octanol–water partition coefficient (Wildman–Crippen LogP) is 2.54. The van der Waals surface area contributed by atoms with E-state index in [1.54, 1.807) is 29.5 Å². The van der Waals surface area contributed by atoms with Crippen molar-refractivity contribution in [1.29, 1.82) is 0 Å². The van der Waals surface area contributed by atoms with Gasteiger partial charge in [-0.25, -0.2) is 4.98 Å². The van der Waals surface area contributed by atoms with Gasteiger partial charge in [0.1, 0.15) is 0 Å². The number of hydrogen-bond donors (Lipinski definition) is 1. The molecule has 0 saturated carbocycles. The van der Waals surface area contributed by atoms with Gasteiger partial charge < -0.3 is 9.73 Å². The SMILES string of the molecule is O=c1c2cc(Br)ccc2ncn1CCNCc1ccoc1. The molecule has 0 saturated heterocycles. The van der Waals surface area contributed by atoms with Crippen LogP contribution in [0.5, 0.6) is 0 Å². The van der Waals surface area contributed by atoms with E-state index in [4.69, 9.17) is 4.42 Å². The molecule has 0 aliphatic carbocycles. The van der Waals surface area contributed by atoms with E-state index in [9.17, 15) is 4.79 Å². The highest BCUT2D eigenvalue weighted by Crippen LogP contribution is 2.14. The van der Waals surface area contributed by atoms with Crippen LogP contribution in [0.4, 0.5) is 0 Å². The minimum atomic E-state index is -0.0218. The molecule has 108 valence electrons. The van der Waals surface area contributed by atoms with Crippen molar-refractivity contribution in [2.75, 3.05) is 6.54 Å². The lowest BCUT2D eigenvalue weighted by atomic mass is 10.2. The maximum absolute atomic E-state index is 12.4. The van der Waals surface area contributed by atoms with Crippen molar-refractivity contribution in [3.05, 3.63) is 63.5 Å². The first kappa shape index (κ1) is 14.0. The highest BCUT2D eigenvalue weighted by molar-refractivity contribution is 9.10. The van der Waals surface area contributed by atoms with E-state index >= 15 is 0 Å². The van der Waals surface area contributed by atoms with Gasteiger partial charge in [0.25, 0.3) is 5.56 Å². The standard InChI is InChI=1S/C15H14BrN3O2/c16-12-1-2-14-13(7-12)15(20)19(10-18-14)5-4-17-8-11-3-6-21-9-11/h1-3,6-7,9-10,17H,4-5,8H2. The Morgan fingerprint density at radius 2 is 2.24 bits per heavy atom. The van der Waals surface area contributed by atoms with Gasteiger partial charge >= 0.3 is 0 Å². The van der Waals surface area contributed by atoms with Gasteiger partial charge in [0, 0.05) is 29.7 Å². The quantitative estimate of drug-likeness (QED) is 0.720. The van der Waals surface area contributed by atoms with Crippen LogP contribution in [-0.2, 0) is 13.1 Å². The fraction of sp³-hybridized carbons (Fsp3) is 0.200. The van der Waals surface area contributed by atoms with Gasteiger partial charge in [-0.15, -0.1) is 0 Å². The summed E-state index contributed by atoms with van der Waals surface area (Å²) in [5.74, 6) is 0. The summed E-state index contributed by atoms with van der Waals surface area (Å²) in [5, 5.41) is 3.89. The number of fused-ring (bicyclic) bond motifs is 1. The Morgan fingerprint density at radius 1 is 1.33 bits per heavy atom. The molecule has 0 unspecified atom stereocenters. The molecule has 0 aliphatic heterocycles. The van der Waals surface area contributed by atoms with Crippen LogP contribution in [0, 0.1) is 0 Å². The molecule has 0 fully saturated rings. The van der Waals surface area contributed by atoms with E-state index in [1.807, 2.05) is 18.2 Å². The zero-order chi connectivity index (χ0) is 14.7. The second-order valence-electron chi connectivity index (χ2n) is 4.71. The van der Waals surface area contributed by atoms with Crippen LogP contribution in [0.3, 0.4) is 0 Å². The summed E-state index contributed by atoms with van der Waals surface area (Å²) in [7, 11) is 0. The Kier molecular flexibility index (Phi) is 4.17. The van der Waals surface area contributed by atoms with Crippen molar-refractivity contribution in [2.24, 2.45) is 0 Å². The van der Waals surface area contributed by atoms with Crippen molar-refractivity contribution < 1.29 is 4.42 Å². The van der Waals surface area contributed by atoms with Crippen molar-refractivity contribution >= 4 is 26.8 Å². The van der Waals surface area contributed by atoms with E-state index in [0.29, 0.717) is 24.0 Å². The van der Waals surface area contributed by atoms with Gasteiger partial charge in [0.15, 0.2) is 0 Å². The lowest BCUT2D eigenvalue weighted by molar-refractivity contribution is 0.553. The molecule has 1 aromatic carbocycles. The number of hydrogen-bond acceptors (Lipinski definition) is 4. The van der Waals surface area contributed by atoms with Gasteiger partial charge in [-0.2, -0.15) is 0 Å². The number of furan rings is 1. The zero-order valence-electron chi connectivity index (χ0n) is 11.3. The summed E-state index contributed by atoms with van der Waals surface area (Å²) in [4.78, 5) is 16.7. The average molecular weight is 348 g/mol. The van der Waals surface area contributed by atoms with Gasteiger partial charge in [-0.1, -0.05) is 15.9 Å². The Balaban J connectivity index is 1.69. The molecule has 0 radical (unpaired) electrons. The molecule has 0 bridgehead atoms. The van der Waals surface area contributed by atoms with Crippen molar-refractivity contribution in [1.82, 2.24) is 14.9 Å². The third-order valence-electron chi connectivity index (χ3n) is 3.22. The van der Waals surface area contributed by atoms with Crippen LogP contribution in [-0.4, -0.2) is 16.1 Å². The summed E-state index contributed by atoms with van der Waals surface area (Å²) in [6, 6.07) is 7.43. The van der Waals surface area contributed by atoms with Crippen LogP contribution in [0.2, 0.25) is 0 Å². The third-order valence-corrected chi connectivity index (χ3v) is 3.72. The average Bonchev–Trinajstić information content (AvgIpc) is 2.99. The van der Waals surface area contributed by atoms with Gasteiger partial charge in [-0.3, -0.25) is 9.36 Å². The minimum absolute atomic E-state index is 0.0218. The van der Waals surface area contributed by atoms with Crippen LogP contribution < -0.4 is 10.9 Å². The fourth-order valence-electron chi connectivity index (χ4n) is 2.12. The van der Waals surface area contributed by atoms with Crippen molar-refractivity contribution in [2.45, 2.75) is 13.1 Å². The van der Waals surface area contributed by atoms with E-state index < -0.39 is 0 Å². The fourth-order valence-corrected chi connectivity index (χ4v) is 2.48. The van der Waals surface area contributed by atoms with E-state index in [-0.39, 0.29) is 5.56 Å². The summed E-state index contributed by atoms with van der Waals surface area (Å²) in [6.07, 6.45) is 4.94. The van der Waals surface area contributed by atoms with Crippen molar-refractivity contribution in [3.8, 4) is 0 Å². The third kappa shape index (κ3) is 3.22. The number of aromatic nitrogens is 2. The van der Waals surface area contributed by atoms with E-state index in [2.05, 4.69) is 26.2 Å². The highest BCUT2D eigenvalue weighted by atomic mass is 79.9. The number of benzene rings is 1. The number of nitrogens with zero attached hydrogens (tertiary/aromatic N) is 2. The van der Waals surface area contributed by atoms with E-state index in [1.165, 1.54) is 0 Å². The topological polar surface area (TPSA) is 60.1 Å². The van der Waals surface area contributed by atoms with Crippen LogP contribution in [0.15, 0.2) is 56.8 Å². The normalized spacial score (nSPS) is 11.1. The van der Waals surface area contributed by atoms with Gasteiger partial charge in [0.05, 0.1) is 29.8 Å². The first-order valence-electron chi connectivity index (χ1n) is 6.60. The molecule has 0 atom stereocenters. The summed E-state index contributed by atoms with van der Waals surface area (Å²) in [5.41, 5.74) is 1.78. The molecule has 0 amide bonds. The maximum atomic E-state index is 12.4. The molecule has 21 heavy (non-hydrogen) atoms. The molecule has 2 aromatic heterocycles. The molecule has 2 heterocycles. The number of halogens is 1. The molecule has 5 nitrogen and oxygen atoms in total. The molecular weight excluding hydrogens is 334 g/mol. The molecule has 6 heteroatoms. The molecule has 1 N–H and O–H groups in total. The summed E-state index contributed by atoms with van der Waals surface area (Å²) < 4.78 is 7.50. The Bertz CT molecular complexity index is 796. The van der Waals surface area contributed by atoms with Gasteiger partial charge in [-0.05, 0) is 24.3 Å². The number of rotatable bonds is 5. The van der Waals surface area contributed by atoms with Crippen LogP contribution in [0.1, 0.15) is 5.56 Å². The first-order chi connectivity index (χ1) is 10.2. The smallest absolute Gasteiger partial charge is 0.261 e. The Hall–Kier alpha value is -1.92. The highest BCUT2D eigenvalue weighted by Gasteiger charge is 2.04. The minimum Gasteiger partial charge on any atom is -0.472 e. The predicted molar refractivity (Wildman–Crippen MR) is 84.1 cm³/mol. The largest absolute Gasteiger partial charge is 0.472 e. The maximum Gasteiger partial charge on any atom is 0.261 e.